The van der Waals surface area contributed by atoms with E-state index in [0.717, 1.165) is 18.8 Å². The highest BCUT2D eigenvalue weighted by Crippen LogP contribution is 2.16. The normalized spacial score (nSPS) is 14.4. The summed E-state index contributed by atoms with van der Waals surface area (Å²) in [5.41, 5.74) is 0. The molecular weight excluding hydrogens is 298 g/mol. The average molecular weight is 340 g/mol. The third-order valence-corrected chi connectivity index (χ3v) is 5.49. The zero-order chi connectivity index (χ0) is 17.6. The highest BCUT2D eigenvalue weighted by Gasteiger charge is 2.20. The van der Waals surface area contributed by atoms with E-state index in [2.05, 4.69) is 39.6 Å². The first kappa shape index (κ1) is 22.7. The summed E-state index contributed by atoms with van der Waals surface area (Å²) in [6, 6.07) is 2.31. The van der Waals surface area contributed by atoms with Gasteiger partial charge in [0.1, 0.15) is 6.10 Å². The van der Waals surface area contributed by atoms with Crippen molar-refractivity contribution in [3.63, 3.8) is 0 Å². The van der Waals surface area contributed by atoms with E-state index in [4.69, 9.17) is 9.69 Å². The molecule has 0 saturated heterocycles. The maximum atomic E-state index is 9.13. The maximum Gasteiger partial charge on any atom is 0.185 e. The second kappa shape index (κ2) is 14.0. The molecule has 0 aromatic heterocycles. The molecule has 0 aromatic rings. The molecule has 0 radical (unpaired) electrons. The van der Waals surface area contributed by atoms with Crippen LogP contribution in [-0.2, 0) is 4.43 Å². The van der Waals surface area contributed by atoms with Gasteiger partial charge in [-0.1, -0.05) is 78.1 Å². The minimum atomic E-state index is -1.57. The van der Waals surface area contributed by atoms with Crippen LogP contribution < -0.4 is 0 Å². The number of rotatable bonds is 15. The van der Waals surface area contributed by atoms with Gasteiger partial charge in [0.2, 0.25) is 0 Å². The Morgan fingerprint density at radius 1 is 0.826 bits per heavy atom. The molecule has 0 spiro atoms. The van der Waals surface area contributed by atoms with Crippen LogP contribution in [0, 0.1) is 17.2 Å². The number of hydrogen-bond donors (Lipinski definition) is 0. The van der Waals surface area contributed by atoms with Gasteiger partial charge < -0.3 is 4.43 Å². The van der Waals surface area contributed by atoms with Crippen LogP contribution in [0.4, 0.5) is 0 Å². The van der Waals surface area contributed by atoms with Gasteiger partial charge in [0.25, 0.3) is 0 Å². The summed E-state index contributed by atoms with van der Waals surface area (Å²) >= 11 is 0. The van der Waals surface area contributed by atoms with Crippen molar-refractivity contribution in [2.75, 3.05) is 0 Å². The van der Waals surface area contributed by atoms with E-state index in [0.29, 0.717) is 0 Å². The molecule has 0 aliphatic carbocycles. The van der Waals surface area contributed by atoms with Gasteiger partial charge in [0.15, 0.2) is 8.32 Å². The van der Waals surface area contributed by atoms with Crippen LogP contribution >= 0.6 is 0 Å². The van der Waals surface area contributed by atoms with Crippen molar-refractivity contribution in [2.24, 2.45) is 5.92 Å². The van der Waals surface area contributed by atoms with Gasteiger partial charge in [0, 0.05) is 0 Å². The SMILES string of the molecule is CCC(C)CCCCCCCCCCCC(C#N)O[Si](C)(C)C. The van der Waals surface area contributed by atoms with E-state index in [-0.39, 0.29) is 6.10 Å². The summed E-state index contributed by atoms with van der Waals surface area (Å²) in [6.45, 7) is 11.1. The lowest BCUT2D eigenvalue weighted by Crippen LogP contribution is -2.31. The van der Waals surface area contributed by atoms with Gasteiger partial charge >= 0.3 is 0 Å². The summed E-state index contributed by atoms with van der Waals surface area (Å²) in [4.78, 5) is 0. The molecule has 0 aliphatic rings. The zero-order valence-electron chi connectivity index (χ0n) is 16.5. The van der Waals surface area contributed by atoms with E-state index < -0.39 is 8.32 Å². The number of nitriles is 1. The summed E-state index contributed by atoms with van der Waals surface area (Å²) in [6.07, 6.45) is 15.6. The van der Waals surface area contributed by atoms with Gasteiger partial charge in [0.05, 0.1) is 6.07 Å². The molecule has 0 N–H and O–H groups in total. The van der Waals surface area contributed by atoms with Gasteiger partial charge in [-0.2, -0.15) is 5.26 Å². The fourth-order valence-corrected chi connectivity index (χ4v) is 3.86. The minimum absolute atomic E-state index is 0.174. The predicted octanol–water partition coefficient (Wildman–Crippen LogP) is 7.07. The van der Waals surface area contributed by atoms with E-state index in [9.17, 15) is 0 Å². The van der Waals surface area contributed by atoms with Crippen LogP contribution in [0.2, 0.25) is 19.6 Å². The van der Waals surface area contributed by atoms with Gasteiger partial charge in [-0.05, 0) is 38.4 Å². The molecule has 0 aliphatic heterocycles. The largest absolute Gasteiger partial charge is 0.402 e. The second-order valence-electron chi connectivity index (χ2n) is 8.12. The Morgan fingerprint density at radius 3 is 1.65 bits per heavy atom. The quantitative estimate of drug-likeness (QED) is 0.236. The molecule has 0 amide bonds. The van der Waals surface area contributed by atoms with Crippen LogP contribution in [0.5, 0.6) is 0 Å². The van der Waals surface area contributed by atoms with E-state index in [1.165, 1.54) is 64.2 Å². The monoisotopic (exact) mass is 339 g/mol. The standard InChI is InChI=1S/C20H41NOSi/c1-6-19(2)16-14-12-10-8-7-9-11-13-15-17-20(18-21)22-23(3,4)5/h19-20H,6-17H2,1-5H3. The minimum Gasteiger partial charge on any atom is -0.402 e. The molecule has 0 aromatic carbocycles. The smallest absolute Gasteiger partial charge is 0.185 e. The van der Waals surface area contributed by atoms with Crippen molar-refractivity contribution >= 4 is 8.32 Å². The first-order chi connectivity index (χ1) is 10.9. The molecule has 3 heteroatoms. The van der Waals surface area contributed by atoms with Gasteiger partial charge in [-0.25, -0.2) is 0 Å². The first-order valence-corrected chi connectivity index (χ1v) is 13.4. The summed E-state index contributed by atoms with van der Waals surface area (Å²) < 4.78 is 5.87. The fraction of sp³-hybridized carbons (Fsp3) is 0.950. The molecule has 23 heavy (non-hydrogen) atoms. The molecule has 2 atom stereocenters. The van der Waals surface area contributed by atoms with Crippen LogP contribution in [0.15, 0.2) is 0 Å². The Balaban J connectivity index is 3.35. The summed E-state index contributed by atoms with van der Waals surface area (Å²) in [5, 5.41) is 9.13. The van der Waals surface area contributed by atoms with Gasteiger partial charge in [-0.15, -0.1) is 0 Å². The van der Waals surface area contributed by atoms with Crippen molar-refractivity contribution in [3.05, 3.63) is 0 Å². The molecule has 2 nitrogen and oxygen atoms in total. The van der Waals surface area contributed by atoms with Crippen molar-refractivity contribution in [2.45, 2.75) is 117 Å². The molecule has 0 rings (SSSR count). The van der Waals surface area contributed by atoms with Crippen molar-refractivity contribution in [3.8, 4) is 6.07 Å². The third kappa shape index (κ3) is 16.3. The topological polar surface area (TPSA) is 33.0 Å². The molecule has 2 unspecified atom stereocenters. The van der Waals surface area contributed by atoms with Crippen molar-refractivity contribution < 1.29 is 4.43 Å². The molecular formula is C20H41NOSi. The van der Waals surface area contributed by atoms with Crippen LogP contribution in [0.1, 0.15) is 90.9 Å². The summed E-state index contributed by atoms with van der Waals surface area (Å²) in [5.74, 6) is 0.914. The second-order valence-corrected chi connectivity index (χ2v) is 12.6. The lowest BCUT2D eigenvalue weighted by molar-refractivity contribution is 0.233. The van der Waals surface area contributed by atoms with Crippen LogP contribution in [-0.4, -0.2) is 14.4 Å². The van der Waals surface area contributed by atoms with E-state index in [1.54, 1.807) is 0 Å². The Labute approximate surface area is 147 Å². The van der Waals surface area contributed by atoms with E-state index >= 15 is 0 Å². The number of unbranched alkanes of at least 4 members (excludes halogenated alkanes) is 8. The van der Waals surface area contributed by atoms with Crippen LogP contribution in [0.25, 0.3) is 0 Å². The van der Waals surface area contributed by atoms with Crippen molar-refractivity contribution in [1.29, 1.82) is 5.26 Å². The Kier molecular flexibility index (Phi) is 13.8. The van der Waals surface area contributed by atoms with Gasteiger partial charge in [-0.3, -0.25) is 0 Å². The highest BCUT2D eigenvalue weighted by atomic mass is 28.4. The Morgan fingerprint density at radius 2 is 1.26 bits per heavy atom. The Hall–Kier alpha value is -0.333. The lowest BCUT2D eigenvalue weighted by Gasteiger charge is -2.21. The maximum absolute atomic E-state index is 9.13. The first-order valence-electron chi connectivity index (χ1n) is 9.96. The molecule has 0 fully saturated rings. The zero-order valence-corrected chi connectivity index (χ0v) is 17.5. The molecule has 0 heterocycles. The van der Waals surface area contributed by atoms with E-state index in [1.807, 2.05) is 0 Å². The van der Waals surface area contributed by atoms with Crippen molar-refractivity contribution in [1.82, 2.24) is 0 Å². The highest BCUT2D eigenvalue weighted by molar-refractivity contribution is 6.69. The lowest BCUT2D eigenvalue weighted by atomic mass is 9.99. The Bertz CT molecular complexity index is 306. The molecule has 136 valence electrons. The third-order valence-electron chi connectivity index (χ3n) is 4.50. The average Bonchev–Trinajstić information content (AvgIpc) is 2.49. The molecule has 0 saturated carbocycles. The summed E-state index contributed by atoms with van der Waals surface area (Å²) in [7, 11) is -1.57. The van der Waals surface area contributed by atoms with Crippen LogP contribution in [0.3, 0.4) is 0 Å². The molecule has 0 bridgehead atoms. The fourth-order valence-electron chi connectivity index (χ4n) is 2.84. The predicted molar refractivity (Wildman–Crippen MR) is 104 cm³/mol. The number of nitrogens with zero attached hydrogens (tertiary/aromatic N) is 1. The number of hydrogen-bond acceptors (Lipinski definition) is 2.